The SMILES string of the molecule is Cc1ccccc1Sc1nc(Cl)nc2ccsc12. The molecule has 18 heavy (non-hydrogen) atoms. The molecule has 2 aromatic heterocycles. The summed E-state index contributed by atoms with van der Waals surface area (Å²) in [6.07, 6.45) is 0. The van der Waals surface area contributed by atoms with Gasteiger partial charge >= 0.3 is 0 Å². The van der Waals surface area contributed by atoms with Crippen LogP contribution in [0.5, 0.6) is 0 Å². The summed E-state index contributed by atoms with van der Waals surface area (Å²) in [4.78, 5) is 9.75. The fourth-order valence-electron chi connectivity index (χ4n) is 1.65. The van der Waals surface area contributed by atoms with Crippen LogP contribution in [0.4, 0.5) is 0 Å². The summed E-state index contributed by atoms with van der Waals surface area (Å²) in [5, 5.41) is 3.24. The van der Waals surface area contributed by atoms with Crippen molar-refractivity contribution in [2.45, 2.75) is 16.8 Å². The summed E-state index contributed by atoms with van der Waals surface area (Å²) >= 11 is 9.24. The van der Waals surface area contributed by atoms with Crippen molar-refractivity contribution in [3.63, 3.8) is 0 Å². The topological polar surface area (TPSA) is 25.8 Å². The van der Waals surface area contributed by atoms with Crippen molar-refractivity contribution >= 4 is 44.9 Å². The highest BCUT2D eigenvalue weighted by molar-refractivity contribution is 7.99. The van der Waals surface area contributed by atoms with Crippen molar-refractivity contribution in [1.29, 1.82) is 0 Å². The van der Waals surface area contributed by atoms with Crippen molar-refractivity contribution in [1.82, 2.24) is 9.97 Å². The van der Waals surface area contributed by atoms with Gasteiger partial charge < -0.3 is 0 Å². The number of hydrogen-bond donors (Lipinski definition) is 0. The molecular weight excluding hydrogens is 284 g/mol. The zero-order valence-corrected chi connectivity index (χ0v) is 11.9. The molecule has 5 heteroatoms. The molecular formula is C13H9ClN2S2. The van der Waals surface area contributed by atoms with E-state index >= 15 is 0 Å². The number of hydrogen-bond acceptors (Lipinski definition) is 4. The highest BCUT2D eigenvalue weighted by Gasteiger charge is 2.10. The zero-order chi connectivity index (χ0) is 12.5. The van der Waals surface area contributed by atoms with E-state index in [1.165, 1.54) is 10.5 Å². The van der Waals surface area contributed by atoms with Crippen LogP contribution in [-0.2, 0) is 0 Å². The second-order valence-corrected chi connectivity index (χ2v) is 6.09. The highest BCUT2D eigenvalue weighted by Crippen LogP contribution is 2.36. The van der Waals surface area contributed by atoms with Crippen molar-refractivity contribution in [2.75, 3.05) is 0 Å². The summed E-state index contributed by atoms with van der Waals surface area (Å²) < 4.78 is 1.09. The van der Waals surface area contributed by atoms with Crippen LogP contribution in [-0.4, -0.2) is 9.97 Å². The Balaban J connectivity index is 2.10. The average molecular weight is 293 g/mol. The number of halogens is 1. The Bertz CT molecular complexity index is 709. The van der Waals surface area contributed by atoms with Crippen LogP contribution in [0.15, 0.2) is 45.6 Å². The van der Waals surface area contributed by atoms with Gasteiger partial charge in [-0.25, -0.2) is 9.97 Å². The lowest BCUT2D eigenvalue weighted by atomic mass is 10.2. The van der Waals surface area contributed by atoms with E-state index in [-0.39, 0.29) is 0 Å². The molecule has 1 aromatic carbocycles. The molecule has 2 heterocycles. The molecule has 2 nitrogen and oxygen atoms in total. The van der Waals surface area contributed by atoms with Gasteiger partial charge in [0, 0.05) is 4.90 Å². The quantitative estimate of drug-likeness (QED) is 0.501. The summed E-state index contributed by atoms with van der Waals surface area (Å²) in [6, 6.07) is 10.2. The van der Waals surface area contributed by atoms with Gasteiger partial charge in [-0.2, -0.15) is 0 Å². The molecule has 0 radical (unpaired) electrons. The number of aromatic nitrogens is 2. The van der Waals surface area contributed by atoms with Gasteiger partial charge in [0.25, 0.3) is 0 Å². The lowest BCUT2D eigenvalue weighted by molar-refractivity contribution is 1.11. The van der Waals surface area contributed by atoms with E-state index in [1.54, 1.807) is 23.1 Å². The molecule has 0 aliphatic carbocycles. The Morgan fingerprint density at radius 2 is 2.00 bits per heavy atom. The number of benzene rings is 1. The fraction of sp³-hybridized carbons (Fsp3) is 0.0769. The van der Waals surface area contributed by atoms with Crippen LogP contribution >= 0.6 is 34.7 Å². The minimum Gasteiger partial charge on any atom is -0.217 e. The Morgan fingerprint density at radius 3 is 2.83 bits per heavy atom. The molecule has 3 aromatic rings. The lowest BCUT2D eigenvalue weighted by Gasteiger charge is -2.05. The fourth-order valence-corrected chi connectivity index (χ4v) is 3.78. The molecule has 0 amide bonds. The molecule has 0 saturated heterocycles. The van der Waals surface area contributed by atoms with Gasteiger partial charge in [0.05, 0.1) is 10.2 Å². The second kappa shape index (κ2) is 4.88. The lowest BCUT2D eigenvalue weighted by Crippen LogP contribution is -1.87. The Kier molecular flexibility index (Phi) is 3.24. The first-order valence-electron chi connectivity index (χ1n) is 5.38. The van der Waals surface area contributed by atoms with E-state index < -0.39 is 0 Å². The predicted octanol–water partition coefficient (Wildman–Crippen LogP) is 4.80. The maximum atomic E-state index is 5.96. The molecule has 0 aliphatic rings. The molecule has 0 spiro atoms. The molecule has 90 valence electrons. The van der Waals surface area contributed by atoms with Gasteiger partial charge in [0.15, 0.2) is 0 Å². The summed E-state index contributed by atoms with van der Waals surface area (Å²) in [5.74, 6) is 0. The Morgan fingerprint density at radius 1 is 1.17 bits per heavy atom. The van der Waals surface area contributed by atoms with E-state index in [1.807, 2.05) is 23.6 Å². The second-order valence-electron chi connectivity index (χ2n) is 3.80. The number of aryl methyl sites for hydroxylation is 1. The molecule has 3 rings (SSSR count). The summed E-state index contributed by atoms with van der Waals surface area (Å²) in [5.41, 5.74) is 2.15. The normalized spacial score (nSPS) is 11.0. The smallest absolute Gasteiger partial charge is 0.217 e. The number of fused-ring (bicyclic) bond motifs is 1. The van der Waals surface area contributed by atoms with Crippen molar-refractivity contribution < 1.29 is 0 Å². The predicted molar refractivity (Wildman–Crippen MR) is 77.7 cm³/mol. The van der Waals surface area contributed by atoms with E-state index in [0.29, 0.717) is 5.28 Å². The van der Waals surface area contributed by atoms with Gasteiger partial charge in [-0.3, -0.25) is 0 Å². The van der Waals surface area contributed by atoms with Gasteiger partial charge in [0.2, 0.25) is 5.28 Å². The van der Waals surface area contributed by atoms with Crippen molar-refractivity contribution in [2.24, 2.45) is 0 Å². The minimum absolute atomic E-state index is 0.303. The number of rotatable bonds is 2. The van der Waals surface area contributed by atoms with Gasteiger partial charge in [0.1, 0.15) is 5.03 Å². The molecule has 0 N–H and O–H groups in total. The molecule has 0 fully saturated rings. The van der Waals surface area contributed by atoms with Crippen LogP contribution in [0, 0.1) is 6.92 Å². The van der Waals surface area contributed by atoms with Gasteiger partial charge in [-0.15, -0.1) is 11.3 Å². The maximum absolute atomic E-state index is 5.96. The maximum Gasteiger partial charge on any atom is 0.224 e. The first-order chi connectivity index (χ1) is 8.74. The number of nitrogens with zero attached hydrogens (tertiary/aromatic N) is 2. The third-order valence-corrected chi connectivity index (χ3v) is 4.92. The summed E-state index contributed by atoms with van der Waals surface area (Å²) in [7, 11) is 0. The molecule has 0 aliphatic heterocycles. The van der Waals surface area contributed by atoms with Crippen molar-refractivity contribution in [3.05, 3.63) is 46.6 Å². The molecule has 0 unspecified atom stereocenters. The van der Waals surface area contributed by atoms with Gasteiger partial charge in [-0.1, -0.05) is 30.0 Å². The summed E-state index contributed by atoms with van der Waals surface area (Å²) in [6.45, 7) is 2.09. The third kappa shape index (κ3) is 2.23. The zero-order valence-electron chi connectivity index (χ0n) is 9.55. The van der Waals surface area contributed by atoms with Crippen LogP contribution in [0.1, 0.15) is 5.56 Å². The minimum atomic E-state index is 0.303. The van der Waals surface area contributed by atoms with E-state index in [2.05, 4.69) is 29.0 Å². The Labute approximate surface area is 118 Å². The monoisotopic (exact) mass is 292 g/mol. The van der Waals surface area contributed by atoms with E-state index in [0.717, 1.165) is 15.2 Å². The standard InChI is InChI=1S/C13H9ClN2S2/c1-8-4-2-3-5-10(8)18-12-11-9(6-7-17-11)15-13(14)16-12/h2-7H,1H3. The van der Waals surface area contributed by atoms with Crippen LogP contribution in [0.2, 0.25) is 5.28 Å². The van der Waals surface area contributed by atoms with Crippen LogP contribution in [0.25, 0.3) is 10.2 Å². The van der Waals surface area contributed by atoms with Crippen molar-refractivity contribution in [3.8, 4) is 0 Å². The molecule has 0 bridgehead atoms. The Hall–Kier alpha value is -1.10. The largest absolute Gasteiger partial charge is 0.224 e. The van der Waals surface area contributed by atoms with Crippen LogP contribution < -0.4 is 0 Å². The number of thiophene rings is 1. The van der Waals surface area contributed by atoms with Gasteiger partial charge in [-0.05, 0) is 41.6 Å². The first kappa shape index (κ1) is 12.0. The first-order valence-corrected chi connectivity index (χ1v) is 7.45. The van der Waals surface area contributed by atoms with Crippen LogP contribution in [0.3, 0.4) is 0 Å². The third-order valence-electron chi connectivity index (χ3n) is 2.55. The van der Waals surface area contributed by atoms with E-state index in [4.69, 9.17) is 11.6 Å². The highest BCUT2D eigenvalue weighted by atomic mass is 35.5. The molecule has 0 atom stereocenters. The van der Waals surface area contributed by atoms with E-state index in [9.17, 15) is 0 Å². The average Bonchev–Trinajstić information content (AvgIpc) is 2.80. The molecule has 0 saturated carbocycles.